The average Bonchev–Trinajstić information content (AvgIpc) is 3.17. The number of hydrogen-bond acceptors (Lipinski definition) is 3. The number of methoxy groups -OCH3 is 1. The Hall–Kier alpha value is -1.22. The van der Waals surface area contributed by atoms with Gasteiger partial charge in [-0.25, -0.2) is 0 Å². The first-order valence-corrected chi connectivity index (χ1v) is 7.03. The van der Waals surface area contributed by atoms with Crippen LogP contribution in [0.5, 0.6) is 11.5 Å². The van der Waals surface area contributed by atoms with Crippen LogP contribution in [0.15, 0.2) is 18.2 Å². The summed E-state index contributed by atoms with van der Waals surface area (Å²) in [6, 6.07) is 6.06. The van der Waals surface area contributed by atoms with Crippen LogP contribution in [0.1, 0.15) is 39.2 Å². The lowest BCUT2D eigenvalue weighted by Gasteiger charge is -2.22. The van der Waals surface area contributed by atoms with Crippen molar-refractivity contribution in [2.75, 3.05) is 13.7 Å². The van der Waals surface area contributed by atoms with Crippen molar-refractivity contribution in [3.63, 3.8) is 0 Å². The molecule has 19 heavy (non-hydrogen) atoms. The van der Waals surface area contributed by atoms with Crippen LogP contribution < -0.4 is 14.8 Å². The highest BCUT2D eigenvalue weighted by Gasteiger charge is 2.22. The van der Waals surface area contributed by atoms with Crippen molar-refractivity contribution in [3.8, 4) is 11.5 Å². The summed E-state index contributed by atoms with van der Waals surface area (Å²) in [7, 11) is 1.69. The Morgan fingerprint density at radius 3 is 2.58 bits per heavy atom. The number of benzene rings is 1. The van der Waals surface area contributed by atoms with E-state index in [0.717, 1.165) is 30.6 Å². The van der Waals surface area contributed by atoms with Crippen LogP contribution >= 0.6 is 0 Å². The normalized spacial score (nSPS) is 15.4. The van der Waals surface area contributed by atoms with E-state index < -0.39 is 0 Å². The van der Waals surface area contributed by atoms with Crippen molar-refractivity contribution in [2.45, 2.75) is 45.7 Å². The molecule has 1 aromatic carbocycles. The van der Waals surface area contributed by atoms with Gasteiger partial charge >= 0.3 is 0 Å². The smallest absolute Gasteiger partial charge is 0.127 e. The maximum atomic E-state index is 5.95. The second kappa shape index (κ2) is 5.83. The highest BCUT2D eigenvalue weighted by atomic mass is 16.5. The Balaban J connectivity index is 2.05. The molecule has 0 atom stereocenters. The van der Waals surface area contributed by atoms with Gasteiger partial charge in [0.05, 0.1) is 13.7 Å². The Bertz CT molecular complexity index is 419. The van der Waals surface area contributed by atoms with E-state index in [9.17, 15) is 0 Å². The van der Waals surface area contributed by atoms with Gasteiger partial charge in [0.2, 0.25) is 0 Å². The van der Waals surface area contributed by atoms with Crippen molar-refractivity contribution in [1.29, 1.82) is 0 Å². The summed E-state index contributed by atoms with van der Waals surface area (Å²) in [5, 5.41) is 3.50. The second-order valence-corrected chi connectivity index (χ2v) is 6.33. The molecule has 1 saturated carbocycles. The fourth-order valence-corrected chi connectivity index (χ4v) is 1.79. The third kappa shape index (κ3) is 4.75. The van der Waals surface area contributed by atoms with E-state index in [-0.39, 0.29) is 5.54 Å². The SMILES string of the molecule is COc1ccc(CNC(C)(C)C)c(OCC2CC2)c1. The van der Waals surface area contributed by atoms with Gasteiger partial charge in [0.25, 0.3) is 0 Å². The van der Waals surface area contributed by atoms with Crippen molar-refractivity contribution in [3.05, 3.63) is 23.8 Å². The van der Waals surface area contributed by atoms with E-state index >= 15 is 0 Å². The average molecular weight is 263 g/mol. The molecule has 3 nitrogen and oxygen atoms in total. The summed E-state index contributed by atoms with van der Waals surface area (Å²) in [6.07, 6.45) is 2.61. The van der Waals surface area contributed by atoms with Crippen molar-refractivity contribution in [2.24, 2.45) is 5.92 Å². The van der Waals surface area contributed by atoms with E-state index in [4.69, 9.17) is 9.47 Å². The summed E-state index contributed by atoms with van der Waals surface area (Å²) in [6.45, 7) is 8.15. The van der Waals surface area contributed by atoms with E-state index in [0.29, 0.717) is 0 Å². The van der Waals surface area contributed by atoms with E-state index in [1.54, 1.807) is 7.11 Å². The highest BCUT2D eigenvalue weighted by molar-refractivity contribution is 5.40. The Labute approximate surface area is 116 Å². The van der Waals surface area contributed by atoms with Crippen LogP contribution in [-0.2, 0) is 6.54 Å². The molecule has 0 saturated heterocycles. The molecule has 106 valence electrons. The van der Waals surface area contributed by atoms with Crippen LogP contribution in [0, 0.1) is 5.92 Å². The molecule has 0 heterocycles. The Morgan fingerprint density at radius 2 is 2.00 bits per heavy atom. The second-order valence-electron chi connectivity index (χ2n) is 6.33. The van der Waals surface area contributed by atoms with Crippen molar-refractivity contribution >= 4 is 0 Å². The van der Waals surface area contributed by atoms with Crippen LogP contribution in [-0.4, -0.2) is 19.3 Å². The first kappa shape index (κ1) is 14.2. The summed E-state index contributed by atoms with van der Waals surface area (Å²) in [5.74, 6) is 2.56. The van der Waals surface area contributed by atoms with Gasteiger partial charge in [0.1, 0.15) is 11.5 Å². The van der Waals surface area contributed by atoms with Gasteiger partial charge < -0.3 is 14.8 Å². The first-order chi connectivity index (χ1) is 8.98. The summed E-state index contributed by atoms with van der Waals surface area (Å²) >= 11 is 0. The minimum absolute atomic E-state index is 0.105. The summed E-state index contributed by atoms with van der Waals surface area (Å²) < 4.78 is 11.2. The van der Waals surface area contributed by atoms with Crippen LogP contribution in [0.2, 0.25) is 0 Å². The molecule has 0 bridgehead atoms. The lowest BCUT2D eigenvalue weighted by molar-refractivity contribution is 0.292. The van der Waals surface area contributed by atoms with Crippen LogP contribution in [0.4, 0.5) is 0 Å². The fourth-order valence-electron chi connectivity index (χ4n) is 1.79. The quantitative estimate of drug-likeness (QED) is 0.853. The van der Waals surface area contributed by atoms with Crippen molar-refractivity contribution in [1.82, 2.24) is 5.32 Å². The van der Waals surface area contributed by atoms with Gasteiger partial charge in [-0.2, -0.15) is 0 Å². The molecule has 0 radical (unpaired) electrons. The minimum Gasteiger partial charge on any atom is -0.497 e. The molecular formula is C16H25NO2. The van der Waals surface area contributed by atoms with Gasteiger partial charge in [-0.15, -0.1) is 0 Å². The molecule has 2 rings (SSSR count). The molecule has 0 aromatic heterocycles. The molecular weight excluding hydrogens is 238 g/mol. The zero-order valence-electron chi connectivity index (χ0n) is 12.5. The standard InChI is InChI=1S/C16H25NO2/c1-16(2,3)17-10-13-7-8-14(18-4)9-15(13)19-11-12-5-6-12/h7-9,12,17H,5-6,10-11H2,1-4H3. The monoisotopic (exact) mass is 263 g/mol. The molecule has 1 aliphatic carbocycles. The van der Waals surface area contributed by atoms with E-state index in [1.807, 2.05) is 12.1 Å². The third-order valence-electron chi connectivity index (χ3n) is 3.25. The Kier molecular flexibility index (Phi) is 4.35. The molecule has 3 heteroatoms. The molecule has 0 aliphatic heterocycles. The van der Waals surface area contributed by atoms with Crippen molar-refractivity contribution < 1.29 is 9.47 Å². The fraction of sp³-hybridized carbons (Fsp3) is 0.625. The molecule has 0 unspecified atom stereocenters. The minimum atomic E-state index is 0.105. The maximum Gasteiger partial charge on any atom is 0.127 e. The maximum absolute atomic E-state index is 5.95. The number of rotatable bonds is 6. The molecule has 1 aromatic rings. The number of hydrogen-bond donors (Lipinski definition) is 1. The lowest BCUT2D eigenvalue weighted by Crippen LogP contribution is -2.35. The zero-order chi connectivity index (χ0) is 13.9. The van der Waals surface area contributed by atoms with Gasteiger partial charge in [0.15, 0.2) is 0 Å². The largest absolute Gasteiger partial charge is 0.497 e. The number of ether oxygens (including phenoxy) is 2. The molecule has 0 spiro atoms. The summed E-state index contributed by atoms with van der Waals surface area (Å²) in [4.78, 5) is 0. The Morgan fingerprint density at radius 1 is 1.26 bits per heavy atom. The van der Waals surface area contributed by atoms with Gasteiger partial charge in [-0.1, -0.05) is 6.07 Å². The van der Waals surface area contributed by atoms with Crippen LogP contribution in [0.3, 0.4) is 0 Å². The number of nitrogens with one attached hydrogen (secondary N) is 1. The van der Waals surface area contributed by atoms with E-state index in [2.05, 4.69) is 32.2 Å². The van der Waals surface area contributed by atoms with Gasteiger partial charge in [-0.3, -0.25) is 0 Å². The topological polar surface area (TPSA) is 30.5 Å². The predicted octanol–water partition coefficient (Wildman–Crippen LogP) is 3.37. The van der Waals surface area contributed by atoms with Gasteiger partial charge in [0, 0.05) is 23.7 Å². The molecule has 1 N–H and O–H groups in total. The van der Waals surface area contributed by atoms with Crippen LogP contribution in [0.25, 0.3) is 0 Å². The zero-order valence-corrected chi connectivity index (χ0v) is 12.5. The molecule has 1 aliphatic rings. The third-order valence-corrected chi connectivity index (χ3v) is 3.25. The molecule has 0 amide bonds. The predicted molar refractivity (Wildman–Crippen MR) is 77.8 cm³/mol. The highest BCUT2D eigenvalue weighted by Crippen LogP contribution is 2.31. The first-order valence-electron chi connectivity index (χ1n) is 7.03. The van der Waals surface area contributed by atoms with E-state index in [1.165, 1.54) is 18.4 Å². The summed E-state index contributed by atoms with van der Waals surface area (Å²) in [5.41, 5.74) is 1.30. The molecule has 1 fully saturated rings. The lowest BCUT2D eigenvalue weighted by atomic mass is 10.1. The van der Waals surface area contributed by atoms with Gasteiger partial charge in [-0.05, 0) is 45.6 Å².